The molecule has 1 saturated heterocycles. The first-order chi connectivity index (χ1) is 8.00. The molecule has 1 aliphatic rings. The Bertz CT molecular complexity index is 422. The van der Waals surface area contributed by atoms with Gasteiger partial charge in [-0.1, -0.05) is 0 Å². The molecule has 0 saturated carbocycles. The number of nitrogens with zero attached hydrogens (tertiary/aromatic N) is 1. The van der Waals surface area contributed by atoms with Gasteiger partial charge in [0.2, 0.25) is 0 Å². The topological polar surface area (TPSA) is 38.5 Å². The molecular weight excluding hydrogens is 219 g/mol. The smallest absolute Gasteiger partial charge is 0.128 e. The van der Waals surface area contributed by atoms with Gasteiger partial charge in [0.15, 0.2) is 0 Å². The number of hydrogen-bond acceptors (Lipinski definition) is 3. The zero-order valence-corrected chi connectivity index (χ0v) is 10.5. The lowest BCUT2D eigenvalue weighted by Gasteiger charge is -2.30. The Balaban J connectivity index is 2.30. The predicted molar refractivity (Wildman–Crippen MR) is 67.8 cm³/mol. The Morgan fingerprint density at radius 2 is 2.18 bits per heavy atom. The van der Waals surface area contributed by atoms with Crippen molar-refractivity contribution in [1.82, 2.24) is 0 Å². The Hall–Kier alpha value is -1.29. The van der Waals surface area contributed by atoms with Crippen LogP contribution in [0.5, 0.6) is 0 Å². The van der Waals surface area contributed by atoms with E-state index in [2.05, 4.69) is 11.8 Å². The van der Waals surface area contributed by atoms with Crippen LogP contribution in [-0.2, 0) is 4.74 Å². The van der Waals surface area contributed by atoms with Gasteiger partial charge in [0.1, 0.15) is 5.82 Å². The normalized spacial score (nSPS) is 24.0. The van der Waals surface area contributed by atoms with Crippen LogP contribution in [-0.4, -0.2) is 25.8 Å². The second kappa shape index (κ2) is 4.53. The summed E-state index contributed by atoms with van der Waals surface area (Å²) in [5.74, 6) is -0.254. The molecule has 0 aromatic heterocycles. The Morgan fingerprint density at radius 1 is 1.47 bits per heavy atom. The van der Waals surface area contributed by atoms with Gasteiger partial charge in [0.05, 0.1) is 23.5 Å². The molecule has 0 spiro atoms. The van der Waals surface area contributed by atoms with E-state index in [4.69, 9.17) is 10.5 Å². The van der Waals surface area contributed by atoms with Crippen molar-refractivity contribution in [3.8, 4) is 0 Å². The van der Waals surface area contributed by atoms with Crippen molar-refractivity contribution >= 4 is 11.4 Å². The maximum atomic E-state index is 13.4. The number of aryl methyl sites for hydroxylation is 1. The van der Waals surface area contributed by atoms with Crippen molar-refractivity contribution in [2.75, 3.05) is 24.3 Å². The van der Waals surface area contributed by atoms with Gasteiger partial charge in [-0.2, -0.15) is 0 Å². The molecule has 0 aliphatic carbocycles. The number of likely N-dealkylation sites (N-methyl/N-ethyl adjacent to an activating group) is 1. The molecule has 0 bridgehead atoms. The van der Waals surface area contributed by atoms with Crippen LogP contribution in [0.2, 0.25) is 0 Å². The van der Waals surface area contributed by atoms with Crippen molar-refractivity contribution in [2.45, 2.75) is 32.4 Å². The van der Waals surface area contributed by atoms with Crippen molar-refractivity contribution in [3.05, 3.63) is 23.5 Å². The van der Waals surface area contributed by atoms with Gasteiger partial charge in [-0.25, -0.2) is 4.39 Å². The first-order valence-electron chi connectivity index (χ1n) is 5.90. The van der Waals surface area contributed by atoms with Crippen molar-refractivity contribution in [1.29, 1.82) is 0 Å². The molecule has 0 amide bonds. The van der Waals surface area contributed by atoms with Crippen LogP contribution in [0.15, 0.2) is 12.1 Å². The van der Waals surface area contributed by atoms with E-state index in [0.29, 0.717) is 17.3 Å². The maximum Gasteiger partial charge on any atom is 0.128 e. The lowest BCUT2D eigenvalue weighted by molar-refractivity contribution is 0.118. The van der Waals surface area contributed by atoms with Gasteiger partial charge in [0, 0.05) is 13.7 Å². The molecule has 2 rings (SSSR count). The molecule has 3 nitrogen and oxygen atoms in total. The SMILES string of the molecule is Cc1cc(N(C)C2CCOC2C)c(N)cc1F. The third kappa shape index (κ3) is 2.22. The highest BCUT2D eigenvalue weighted by Crippen LogP contribution is 2.30. The van der Waals surface area contributed by atoms with E-state index >= 15 is 0 Å². The fourth-order valence-corrected chi connectivity index (χ4v) is 2.39. The summed E-state index contributed by atoms with van der Waals surface area (Å²) >= 11 is 0. The van der Waals surface area contributed by atoms with E-state index in [1.165, 1.54) is 6.07 Å². The number of anilines is 2. The number of benzene rings is 1. The molecule has 1 fully saturated rings. The van der Waals surface area contributed by atoms with Gasteiger partial charge < -0.3 is 15.4 Å². The molecule has 1 aromatic carbocycles. The molecule has 2 N–H and O–H groups in total. The lowest BCUT2D eigenvalue weighted by Crippen LogP contribution is -2.37. The molecular formula is C13H19FN2O. The molecule has 4 heteroatoms. The number of hydrogen-bond donors (Lipinski definition) is 1. The van der Waals surface area contributed by atoms with E-state index in [-0.39, 0.29) is 11.9 Å². The van der Waals surface area contributed by atoms with Gasteiger partial charge in [-0.15, -0.1) is 0 Å². The lowest BCUT2D eigenvalue weighted by atomic mass is 10.1. The molecule has 2 unspecified atom stereocenters. The highest BCUT2D eigenvalue weighted by atomic mass is 19.1. The third-order valence-electron chi connectivity index (χ3n) is 3.52. The fourth-order valence-electron chi connectivity index (χ4n) is 2.39. The quantitative estimate of drug-likeness (QED) is 0.804. The maximum absolute atomic E-state index is 13.4. The van der Waals surface area contributed by atoms with E-state index in [1.807, 2.05) is 7.05 Å². The first-order valence-corrected chi connectivity index (χ1v) is 5.90. The minimum atomic E-state index is -0.254. The summed E-state index contributed by atoms with van der Waals surface area (Å²) in [5, 5.41) is 0. The molecule has 0 radical (unpaired) electrons. The summed E-state index contributed by atoms with van der Waals surface area (Å²) in [5.41, 5.74) is 7.86. The second-order valence-electron chi connectivity index (χ2n) is 4.70. The summed E-state index contributed by atoms with van der Waals surface area (Å²) in [7, 11) is 1.99. The average Bonchev–Trinajstić information content (AvgIpc) is 2.69. The number of ether oxygens (including phenoxy) is 1. The minimum Gasteiger partial charge on any atom is -0.397 e. The Labute approximate surface area is 101 Å². The van der Waals surface area contributed by atoms with Crippen molar-refractivity contribution < 1.29 is 9.13 Å². The minimum absolute atomic E-state index is 0.185. The number of nitrogen functional groups attached to an aromatic ring is 1. The first kappa shape index (κ1) is 12.2. The monoisotopic (exact) mass is 238 g/mol. The van der Waals surface area contributed by atoms with Crippen LogP contribution in [0.3, 0.4) is 0 Å². The van der Waals surface area contributed by atoms with E-state index in [9.17, 15) is 4.39 Å². The van der Waals surface area contributed by atoms with Crippen LogP contribution >= 0.6 is 0 Å². The molecule has 94 valence electrons. The zero-order valence-electron chi connectivity index (χ0n) is 10.5. The second-order valence-corrected chi connectivity index (χ2v) is 4.70. The highest BCUT2D eigenvalue weighted by molar-refractivity contribution is 5.69. The highest BCUT2D eigenvalue weighted by Gasteiger charge is 2.29. The van der Waals surface area contributed by atoms with Crippen LogP contribution in [0.1, 0.15) is 18.9 Å². The van der Waals surface area contributed by atoms with E-state index < -0.39 is 0 Å². The van der Waals surface area contributed by atoms with Crippen LogP contribution < -0.4 is 10.6 Å². The van der Waals surface area contributed by atoms with Gasteiger partial charge in [0.25, 0.3) is 0 Å². The summed E-state index contributed by atoms with van der Waals surface area (Å²) in [6.45, 7) is 4.58. The molecule has 2 atom stereocenters. The van der Waals surface area contributed by atoms with Crippen molar-refractivity contribution in [3.63, 3.8) is 0 Å². The van der Waals surface area contributed by atoms with Crippen LogP contribution in [0.4, 0.5) is 15.8 Å². The van der Waals surface area contributed by atoms with Gasteiger partial charge >= 0.3 is 0 Å². The van der Waals surface area contributed by atoms with Crippen LogP contribution in [0, 0.1) is 12.7 Å². The number of rotatable bonds is 2. The summed E-state index contributed by atoms with van der Waals surface area (Å²) in [4.78, 5) is 2.10. The molecule has 17 heavy (non-hydrogen) atoms. The molecule has 1 heterocycles. The molecule has 1 aromatic rings. The third-order valence-corrected chi connectivity index (χ3v) is 3.52. The van der Waals surface area contributed by atoms with E-state index in [0.717, 1.165) is 18.7 Å². The summed E-state index contributed by atoms with van der Waals surface area (Å²) in [6.07, 6.45) is 1.16. The van der Waals surface area contributed by atoms with Crippen molar-refractivity contribution in [2.24, 2.45) is 0 Å². The average molecular weight is 238 g/mol. The zero-order chi connectivity index (χ0) is 12.6. The number of nitrogens with two attached hydrogens (primary N) is 1. The van der Waals surface area contributed by atoms with Gasteiger partial charge in [-0.05, 0) is 38.0 Å². The summed E-state index contributed by atoms with van der Waals surface area (Å²) < 4.78 is 18.9. The Kier molecular flexibility index (Phi) is 3.24. The van der Waals surface area contributed by atoms with Crippen LogP contribution in [0.25, 0.3) is 0 Å². The summed E-state index contributed by atoms with van der Waals surface area (Å²) in [6, 6.07) is 3.50. The largest absolute Gasteiger partial charge is 0.397 e. The fraction of sp³-hybridized carbons (Fsp3) is 0.538. The molecule has 1 aliphatic heterocycles. The Morgan fingerprint density at radius 3 is 2.76 bits per heavy atom. The van der Waals surface area contributed by atoms with E-state index in [1.54, 1.807) is 13.0 Å². The number of halogens is 1. The standard InChI is InChI=1S/C13H19FN2O/c1-8-6-13(11(15)7-10(8)14)16(3)12-4-5-17-9(12)2/h6-7,9,12H,4-5,15H2,1-3H3. The predicted octanol–water partition coefficient (Wildman–Crippen LogP) is 2.33. The van der Waals surface area contributed by atoms with Gasteiger partial charge in [-0.3, -0.25) is 0 Å².